The number of hydrogen-bond acceptors (Lipinski definition) is 4. The molecule has 2 atom stereocenters. The van der Waals surface area contributed by atoms with Gasteiger partial charge in [0.1, 0.15) is 0 Å². The summed E-state index contributed by atoms with van der Waals surface area (Å²) < 4.78 is 5.20. The molecule has 1 heterocycles. The summed E-state index contributed by atoms with van der Waals surface area (Å²) in [6.07, 6.45) is 1.16. The van der Waals surface area contributed by atoms with Crippen molar-refractivity contribution in [2.75, 3.05) is 39.5 Å². The Labute approximate surface area is 85.5 Å². The van der Waals surface area contributed by atoms with Crippen LogP contribution in [-0.4, -0.2) is 60.7 Å². The van der Waals surface area contributed by atoms with Gasteiger partial charge in [0.2, 0.25) is 0 Å². The minimum atomic E-state index is 0.0832. The molecule has 1 saturated heterocycles. The Morgan fingerprint density at radius 3 is 2.79 bits per heavy atom. The lowest BCUT2D eigenvalue weighted by molar-refractivity contribution is 0.0593. The molecule has 0 bridgehead atoms. The molecule has 2 N–H and O–H groups in total. The number of hydrogen-bond donors (Lipinski definition) is 2. The summed E-state index contributed by atoms with van der Waals surface area (Å²) in [7, 11) is 0. The summed E-state index contributed by atoms with van der Waals surface area (Å²) in [5.74, 6) is 0.581. The van der Waals surface area contributed by atoms with Crippen molar-refractivity contribution in [1.29, 1.82) is 0 Å². The van der Waals surface area contributed by atoms with E-state index in [-0.39, 0.29) is 13.2 Å². The fourth-order valence-corrected chi connectivity index (χ4v) is 2.01. The first-order valence-electron chi connectivity index (χ1n) is 5.33. The van der Waals surface area contributed by atoms with E-state index < -0.39 is 0 Å². The number of aliphatic hydroxyl groups is 2. The van der Waals surface area contributed by atoms with Crippen molar-refractivity contribution in [2.24, 2.45) is 5.92 Å². The molecule has 2 unspecified atom stereocenters. The molecule has 4 heteroatoms. The average Bonchev–Trinajstić information content (AvgIpc) is 2.54. The quantitative estimate of drug-likeness (QED) is 0.582. The molecule has 1 aliphatic rings. The minimum Gasteiger partial charge on any atom is -0.395 e. The zero-order valence-electron chi connectivity index (χ0n) is 8.85. The fourth-order valence-electron chi connectivity index (χ4n) is 2.01. The monoisotopic (exact) mass is 203 g/mol. The summed E-state index contributed by atoms with van der Waals surface area (Å²) in [4.78, 5) is 2.27. The van der Waals surface area contributed by atoms with E-state index >= 15 is 0 Å². The highest BCUT2D eigenvalue weighted by Crippen LogP contribution is 2.22. The second kappa shape index (κ2) is 6.35. The highest BCUT2D eigenvalue weighted by Gasteiger charge is 2.29. The molecule has 0 aromatic rings. The lowest BCUT2D eigenvalue weighted by atomic mass is 10.0. The molecule has 0 saturated carbocycles. The normalized spacial score (nSPS) is 28.5. The lowest BCUT2D eigenvalue weighted by Crippen LogP contribution is -2.37. The van der Waals surface area contributed by atoms with Crippen molar-refractivity contribution < 1.29 is 14.9 Å². The summed E-state index contributed by atoms with van der Waals surface area (Å²) in [6.45, 7) is 5.46. The van der Waals surface area contributed by atoms with Crippen LogP contribution >= 0.6 is 0 Å². The SMILES string of the molecule is CC1CCN(CCOCCO)C1CO. The van der Waals surface area contributed by atoms with E-state index in [9.17, 15) is 5.11 Å². The Bertz CT molecular complexity index is 154. The van der Waals surface area contributed by atoms with Crippen molar-refractivity contribution in [2.45, 2.75) is 19.4 Å². The lowest BCUT2D eigenvalue weighted by Gasteiger charge is -2.24. The zero-order chi connectivity index (χ0) is 10.4. The third-order valence-electron chi connectivity index (χ3n) is 2.94. The topological polar surface area (TPSA) is 52.9 Å². The summed E-state index contributed by atoms with van der Waals surface area (Å²) in [5, 5.41) is 17.7. The van der Waals surface area contributed by atoms with Crippen molar-refractivity contribution in [1.82, 2.24) is 4.90 Å². The van der Waals surface area contributed by atoms with Gasteiger partial charge in [0.15, 0.2) is 0 Å². The van der Waals surface area contributed by atoms with Crippen LogP contribution in [0.1, 0.15) is 13.3 Å². The van der Waals surface area contributed by atoms with Gasteiger partial charge in [-0.2, -0.15) is 0 Å². The third kappa shape index (κ3) is 3.20. The molecule has 4 nitrogen and oxygen atoms in total. The van der Waals surface area contributed by atoms with Crippen LogP contribution in [0, 0.1) is 5.92 Å². The van der Waals surface area contributed by atoms with E-state index in [2.05, 4.69) is 11.8 Å². The van der Waals surface area contributed by atoms with Crippen molar-refractivity contribution in [3.05, 3.63) is 0 Å². The highest BCUT2D eigenvalue weighted by molar-refractivity contribution is 4.83. The van der Waals surface area contributed by atoms with Gasteiger partial charge in [0.25, 0.3) is 0 Å². The van der Waals surface area contributed by atoms with Gasteiger partial charge in [-0.05, 0) is 18.9 Å². The van der Waals surface area contributed by atoms with Crippen molar-refractivity contribution in [3.63, 3.8) is 0 Å². The predicted molar refractivity (Wildman–Crippen MR) is 54.1 cm³/mol. The van der Waals surface area contributed by atoms with Crippen LogP contribution in [0.15, 0.2) is 0 Å². The van der Waals surface area contributed by atoms with Crippen LogP contribution in [0.4, 0.5) is 0 Å². The molecule has 0 aliphatic carbocycles. The van der Waals surface area contributed by atoms with Crippen LogP contribution in [0.2, 0.25) is 0 Å². The first-order chi connectivity index (χ1) is 6.79. The standard InChI is InChI=1S/C10H21NO3/c1-9-2-3-11(10(9)8-13)4-6-14-7-5-12/h9-10,12-13H,2-8H2,1H3. The van der Waals surface area contributed by atoms with Gasteiger partial charge in [-0.1, -0.05) is 6.92 Å². The first-order valence-corrected chi connectivity index (χ1v) is 5.33. The van der Waals surface area contributed by atoms with Crippen LogP contribution in [0.25, 0.3) is 0 Å². The maximum atomic E-state index is 9.19. The van der Waals surface area contributed by atoms with Crippen LogP contribution in [0.3, 0.4) is 0 Å². The van der Waals surface area contributed by atoms with Crippen molar-refractivity contribution in [3.8, 4) is 0 Å². The van der Waals surface area contributed by atoms with Crippen LogP contribution in [-0.2, 0) is 4.74 Å². The molecule has 0 amide bonds. The number of aliphatic hydroxyl groups excluding tert-OH is 2. The number of ether oxygens (including phenoxy) is 1. The molecule has 1 aliphatic heterocycles. The van der Waals surface area contributed by atoms with Crippen LogP contribution in [0.5, 0.6) is 0 Å². The summed E-state index contributed by atoms with van der Waals surface area (Å²) in [5.41, 5.74) is 0. The predicted octanol–water partition coefficient (Wildman–Crippen LogP) is -0.302. The highest BCUT2D eigenvalue weighted by atomic mass is 16.5. The van der Waals surface area contributed by atoms with Gasteiger partial charge in [-0.15, -0.1) is 0 Å². The molecule has 1 rings (SSSR count). The van der Waals surface area contributed by atoms with E-state index in [0.717, 1.165) is 19.5 Å². The molecular weight excluding hydrogens is 182 g/mol. The summed E-state index contributed by atoms with van der Waals surface area (Å²) >= 11 is 0. The van der Waals surface area contributed by atoms with E-state index in [1.807, 2.05) is 0 Å². The molecule has 0 aromatic heterocycles. The number of likely N-dealkylation sites (tertiary alicyclic amines) is 1. The molecule has 0 spiro atoms. The Morgan fingerprint density at radius 1 is 1.36 bits per heavy atom. The Balaban J connectivity index is 2.17. The fraction of sp³-hybridized carbons (Fsp3) is 1.00. The smallest absolute Gasteiger partial charge is 0.0698 e. The van der Waals surface area contributed by atoms with Crippen LogP contribution < -0.4 is 0 Å². The van der Waals surface area contributed by atoms with Gasteiger partial charge >= 0.3 is 0 Å². The molecule has 14 heavy (non-hydrogen) atoms. The van der Waals surface area contributed by atoms with E-state index in [1.165, 1.54) is 0 Å². The Hall–Kier alpha value is -0.160. The second-order valence-electron chi connectivity index (χ2n) is 3.89. The van der Waals surface area contributed by atoms with Gasteiger partial charge in [0, 0.05) is 12.6 Å². The Morgan fingerprint density at radius 2 is 2.14 bits per heavy atom. The maximum absolute atomic E-state index is 9.19. The van der Waals surface area contributed by atoms with Gasteiger partial charge < -0.3 is 14.9 Å². The first kappa shape index (κ1) is 11.9. The minimum absolute atomic E-state index is 0.0832. The maximum Gasteiger partial charge on any atom is 0.0698 e. The van der Waals surface area contributed by atoms with Crippen molar-refractivity contribution >= 4 is 0 Å². The van der Waals surface area contributed by atoms with Gasteiger partial charge in [0.05, 0.1) is 26.4 Å². The zero-order valence-corrected chi connectivity index (χ0v) is 8.85. The average molecular weight is 203 g/mol. The van der Waals surface area contributed by atoms with E-state index in [1.54, 1.807) is 0 Å². The van der Waals surface area contributed by atoms with Gasteiger partial charge in [-0.25, -0.2) is 0 Å². The molecule has 84 valence electrons. The number of rotatable bonds is 6. The van der Waals surface area contributed by atoms with E-state index in [0.29, 0.717) is 25.2 Å². The third-order valence-corrected chi connectivity index (χ3v) is 2.94. The number of nitrogens with zero attached hydrogens (tertiary/aromatic N) is 1. The molecule has 0 radical (unpaired) electrons. The van der Waals surface area contributed by atoms with Gasteiger partial charge in [-0.3, -0.25) is 4.90 Å². The molecule has 1 fully saturated rings. The largest absolute Gasteiger partial charge is 0.395 e. The molecule has 0 aromatic carbocycles. The summed E-state index contributed by atoms with van der Waals surface area (Å²) in [6, 6.07) is 0.299. The van der Waals surface area contributed by atoms with E-state index in [4.69, 9.17) is 9.84 Å². The Kier molecular flexibility index (Phi) is 5.40. The molecular formula is C10H21NO3. The second-order valence-corrected chi connectivity index (χ2v) is 3.89.